The van der Waals surface area contributed by atoms with Gasteiger partial charge in [-0.15, -0.1) is 0 Å². The zero-order valence-corrected chi connectivity index (χ0v) is 11.2. The van der Waals surface area contributed by atoms with Crippen molar-refractivity contribution in [1.29, 1.82) is 0 Å². The zero-order chi connectivity index (χ0) is 13.3. The molecule has 1 aliphatic rings. The lowest BCUT2D eigenvalue weighted by Gasteiger charge is -2.17. The molecule has 0 radical (unpaired) electrons. The van der Waals surface area contributed by atoms with Crippen LogP contribution in [0.25, 0.3) is 0 Å². The predicted molar refractivity (Wildman–Crippen MR) is 67.3 cm³/mol. The van der Waals surface area contributed by atoms with E-state index in [1.54, 1.807) is 6.92 Å². The molecule has 2 N–H and O–H groups in total. The summed E-state index contributed by atoms with van der Waals surface area (Å²) in [6, 6.07) is 3.59. The standard InChI is InChI=1S/C12H17FN2O2S/c1-8-5-10(13)3-4-12(8)18(16,17)15-11-7-14-6-9(11)2/h3-5,9,11,14-15H,6-7H2,1-2H3. The topological polar surface area (TPSA) is 58.2 Å². The van der Waals surface area contributed by atoms with Crippen molar-refractivity contribution in [3.63, 3.8) is 0 Å². The highest BCUT2D eigenvalue weighted by molar-refractivity contribution is 7.89. The van der Waals surface area contributed by atoms with E-state index in [-0.39, 0.29) is 16.9 Å². The van der Waals surface area contributed by atoms with Crippen LogP contribution in [-0.4, -0.2) is 27.5 Å². The number of rotatable bonds is 3. The summed E-state index contributed by atoms with van der Waals surface area (Å²) in [5.74, 6) is -0.178. The second kappa shape index (κ2) is 4.95. The average molecular weight is 272 g/mol. The molecule has 1 fully saturated rings. The van der Waals surface area contributed by atoms with Crippen molar-refractivity contribution in [3.8, 4) is 0 Å². The molecule has 1 aromatic carbocycles. The number of benzene rings is 1. The molecule has 6 heteroatoms. The van der Waals surface area contributed by atoms with E-state index in [0.717, 1.165) is 12.6 Å². The van der Waals surface area contributed by atoms with Gasteiger partial charge in [0, 0.05) is 12.6 Å². The smallest absolute Gasteiger partial charge is 0.241 e. The van der Waals surface area contributed by atoms with E-state index in [0.29, 0.717) is 12.1 Å². The molecule has 18 heavy (non-hydrogen) atoms. The van der Waals surface area contributed by atoms with Crippen LogP contribution in [0.1, 0.15) is 12.5 Å². The van der Waals surface area contributed by atoms with Crippen LogP contribution >= 0.6 is 0 Å². The van der Waals surface area contributed by atoms with Crippen LogP contribution in [0.5, 0.6) is 0 Å². The number of sulfonamides is 1. The van der Waals surface area contributed by atoms with Crippen LogP contribution in [0.2, 0.25) is 0 Å². The minimum atomic E-state index is -3.58. The Labute approximate surface area is 107 Å². The molecule has 0 bridgehead atoms. The molecule has 0 amide bonds. The molecular formula is C12H17FN2O2S. The predicted octanol–water partition coefficient (Wildman–Crippen LogP) is 1.02. The average Bonchev–Trinajstić information content (AvgIpc) is 2.63. The SMILES string of the molecule is Cc1cc(F)ccc1S(=O)(=O)NC1CNCC1C. The van der Waals surface area contributed by atoms with Gasteiger partial charge in [0.15, 0.2) is 0 Å². The molecule has 1 saturated heterocycles. The normalized spacial score (nSPS) is 24.4. The van der Waals surface area contributed by atoms with Crippen LogP contribution in [0.4, 0.5) is 4.39 Å². The third-order valence-electron chi connectivity index (χ3n) is 3.25. The highest BCUT2D eigenvalue weighted by atomic mass is 32.2. The summed E-state index contributed by atoms with van der Waals surface area (Å²) in [5.41, 5.74) is 0.418. The van der Waals surface area contributed by atoms with Crippen LogP contribution < -0.4 is 10.0 Å². The van der Waals surface area contributed by atoms with Crippen molar-refractivity contribution in [2.45, 2.75) is 24.8 Å². The van der Waals surface area contributed by atoms with Crippen molar-refractivity contribution in [3.05, 3.63) is 29.6 Å². The minimum Gasteiger partial charge on any atom is -0.315 e. The maximum atomic E-state index is 13.0. The fourth-order valence-electron chi connectivity index (χ4n) is 2.14. The van der Waals surface area contributed by atoms with Gasteiger partial charge >= 0.3 is 0 Å². The largest absolute Gasteiger partial charge is 0.315 e. The first-order valence-corrected chi connectivity index (χ1v) is 7.37. The zero-order valence-electron chi connectivity index (χ0n) is 10.4. The number of halogens is 1. The molecule has 100 valence electrons. The molecular weight excluding hydrogens is 255 g/mol. The van der Waals surface area contributed by atoms with Crippen molar-refractivity contribution < 1.29 is 12.8 Å². The second-order valence-electron chi connectivity index (χ2n) is 4.77. The van der Waals surface area contributed by atoms with Gasteiger partial charge in [0.1, 0.15) is 5.82 Å². The number of aryl methyl sites for hydroxylation is 1. The monoisotopic (exact) mass is 272 g/mol. The lowest BCUT2D eigenvalue weighted by atomic mass is 10.1. The lowest BCUT2D eigenvalue weighted by molar-refractivity contribution is 0.502. The van der Waals surface area contributed by atoms with Gasteiger partial charge in [0.05, 0.1) is 4.90 Å². The maximum Gasteiger partial charge on any atom is 0.241 e. The fraction of sp³-hybridized carbons (Fsp3) is 0.500. The van der Waals surface area contributed by atoms with E-state index in [1.165, 1.54) is 12.1 Å². The van der Waals surface area contributed by atoms with E-state index in [4.69, 9.17) is 0 Å². The molecule has 0 aromatic heterocycles. The van der Waals surface area contributed by atoms with E-state index < -0.39 is 15.8 Å². The fourth-order valence-corrected chi connectivity index (χ4v) is 3.72. The van der Waals surface area contributed by atoms with Gasteiger partial charge in [-0.25, -0.2) is 17.5 Å². The molecule has 4 nitrogen and oxygen atoms in total. The molecule has 1 heterocycles. The Morgan fingerprint density at radius 2 is 2.11 bits per heavy atom. The Kier molecular flexibility index (Phi) is 3.70. The first-order chi connectivity index (χ1) is 8.40. The molecule has 1 aliphatic heterocycles. The first kappa shape index (κ1) is 13.5. The second-order valence-corrected chi connectivity index (χ2v) is 6.46. The maximum absolute atomic E-state index is 13.0. The molecule has 1 aromatic rings. The van der Waals surface area contributed by atoms with Gasteiger partial charge in [-0.05, 0) is 43.1 Å². The Morgan fingerprint density at radius 1 is 1.39 bits per heavy atom. The van der Waals surface area contributed by atoms with Crippen molar-refractivity contribution >= 4 is 10.0 Å². The summed E-state index contributed by atoms with van der Waals surface area (Å²) in [7, 11) is -3.58. The Balaban J connectivity index is 2.25. The summed E-state index contributed by atoms with van der Waals surface area (Å²) in [4.78, 5) is 0.142. The number of hydrogen-bond acceptors (Lipinski definition) is 3. The van der Waals surface area contributed by atoms with Gasteiger partial charge < -0.3 is 5.32 Å². The van der Waals surface area contributed by atoms with Gasteiger partial charge in [-0.2, -0.15) is 0 Å². The summed E-state index contributed by atoms with van der Waals surface area (Å²) in [6.07, 6.45) is 0. The van der Waals surface area contributed by atoms with Crippen molar-refractivity contribution in [2.24, 2.45) is 5.92 Å². The number of nitrogens with one attached hydrogen (secondary N) is 2. The Bertz CT molecular complexity index is 545. The van der Waals surface area contributed by atoms with Gasteiger partial charge in [0.2, 0.25) is 10.0 Å². The van der Waals surface area contributed by atoms with Crippen LogP contribution in [-0.2, 0) is 10.0 Å². The van der Waals surface area contributed by atoms with Gasteiger partial charge in [0.25, 0.3) is 0 Å². The van der Waals surface area contributed by atoms with Gasteiger partial charge in [-0.1, -0.05) is 6.92 Å². The third-order valence-corrected chi connectivity index (χ3v) is 4.90. The summed E-state index contributed by atoms with van der Waals surface area (Å²) in [5, 5.41) is 3.13. The summed E-state index contributed by atoms with van der Waals surface area (Å²) >= 11 is 0. The number of hydrogen-bond donors (Lipinski definition) is 2. The van der Waals surface area contributed by atoms with E-state index in [2.05, 4.69) is 10.0 Å². The lowest BCUT2D eigenvalue weighted by Crippen LogP contribution is -2.39. The molecule has 2 atom stereocenters. The molecule has 0 saturated carbocycles. The first-order valence-electron chi connectivity index (χ1n) is 5.89. The van der Waals surface area contributed by atoms with Crippen LogP contribution in [0, 0.1) is 18.7 Å². The quantitative estimate of drug-likeness (QED) is 0.864. The Hall–Kier alpha value is -0.980. The van der Waals surface area contributed by atoms with E-state index >= 15 is 0 Å². The van der Waals surface area contributed by atoms with Crippen molar-refractivity contribution in [2.75, 3.05) is 13.1 Å². The van der Waals surface area contributed by atoms with Crippen LogP contribution in [0.15, 0.2) is 23.1 Å². The molecule has 2 unspecified atom stereocenters. The molecule has 0 aliphatic carbocycles. The molecule has 2 rings (SSSR count). The third kappa shape index (κ3) is 2.71. The molecule has 0 spiro atoms. The Morgan fingerprint density at radius 3 is 2.67 bits per heavy atom. The summed E-state index contributed by atoms with van der Waals surface area (Å²) in [6.45, 7) is 5.01. The van der Waals surface area contributed by atoms with E-state index in [1.807, 2.05) is 6.92 Å². The van der Waals surface area contributed by atoms with Gasteiger partial charge in [-0.3, -0.25) is 0 Å². The van der Waals surface area contributed by atoms with E-state index in [9.17, 15) is 12.8 Å². The van der Waals surface area contributed by atoms with Crippen molar-refractivity contribution in [1.82, 2.24) is 10.0 Å². The highest BCUT2D eigenvalue weighted by Crippen LogP contribution is 2.18. The minimum absolute atomic E-state index is 0.112. The summed E-state index contributed by atoms with van der Waals surface area (Å²) < 4.78 is 40.1. The van der Waals surface area contributed by atoms with Crippen LogP contribution in [0.3, 0.4) is 0 Å². The highest BCUT2D eigenvalue weighted by Gasteiger charge is 2.28.